The summed E-state index contributed by atoms with van der Waals surface area (Å²) in [7, 11) is 1.06. The van der Waals surface area contributed by atoms with E-state index in [2.05, 4.69) is 15.0 Å². The molecule has 11 heteroatoms. The lowest BCUT2D eigenvalue weighted by atomic mass is 10.0. The third-order valence-corrected chi connectivity index (χ3v) is 5.37. The fourth-order valence-electron chi connectivity index (χ4n) is 3.66. The van der Waals surface area contributed by atoms with Crippen LogP contribution in [0.5, 0.6) is 0 Å². The number of benzene rings is 2. The zero-order chi connectivity index (χ0) is 26.0. The summed E-state index contributed by atoms with van der Waals surface area (Å²) in [6, 6.07) is 12.7. The van der Waals surface area contributed by atoms with Crippen molar-refractivity contribution in [2.75, 3.05) is 7.11 Å². The predicted molar refractivity (Wildman–Crippen MR) is 122 cm³/mol. The van der Waals surface area contributed by atoms with Gasteiger partial charge in [-0.25, -0.2) is 19.7 Å². The Morgan fingerprint density at radius 3 is 2.47 bits per heavy atom. The maximum atomic E-state index is 13.4. The van der Waals surface area contributed by atoms with Crippen LogP contribution in [0, 0.1) is 18.3 Å². The molecule has 0 fully saturated rings. The molecule has 2 aromatic heterocycles. The second-order valence-corrected chi connectivity index (χ2v) is 7.55. The summed E-state index contributed by atoms with van der Waals surface area (Å²) >= 11 is 0. The van der Waals surface area contributed by atoms with Crippen molar-refractivity contribution in [1.29, 1.82) is 5.26 Å². The summed E-state index contributed by atoms with van der Waals surface area (Å²) in [6.07, 6.45) is -1.95. The smallest absolute Gasteiger partial charge is 0.416 e. The van der Waals surface area contributed by atoms with Gasteiger partial charge in [0.15, 0.2) is 0 Å². The summed E-state index contributed by atoms with van der Waals surface area (Å²) in [4.78, 5) is 38.2. The highest BCUT2D eigenvalue weighted by Gasteiger charge is 2.31. The summed E-state index contributed by atoms with van der Waals surface area (Å²) in [6.45, 7) is 1.49. The van der Waals surface area contributed by atoms with Crippen LogP contribution in [-0.4, -0.2) is 32.6 Å². The summed E-state index contributed by atoms with van der Waals surface area (Å²) in [5, 5.41) is 9.08. The van der Waals surface area contributed by atoms with Crippen molar-refractivity contribution in [3.8, 4) is 34.3 Å². The highest BCUT2D eigenvalue weighted by atomic mass is 19.4. The minimum absolute atomic E-state index is 0.0902. The topological polar surface area (TPSA) is 111 Å². The zero-order valence-electron chi connectivity index (χ0n) is 18.9. The highest BCUT2D eigenvalue weighted by molar-refractivity contribution is 5.88. The highest BCUT2D eigenvalue weighted by Crippen LogP contribution is 2.33. The van der Waals surface area contributed by atoms with E-state index >= 15 is 0 Å². The number of nitriles is 1. The molecular weight excluding hydrogens is 475 g/mol. The number of halogens is 3. The van der Waals surface area contributed by atoms with Crippen molar-refractivity contribution >= 4 is 5.97 Å². The number of nitrogens with zero attached hydrogens (tertiary/aromatic N) is 5. The minimum atomic E-state index is -4.65. The molecule has 0 aliphatic carbocycles. The maximum absolute atomic E-state index is 13.4. The molecule has 0 spiro atoms. The van der Waals surface area contributed by atoms with Gasteiger partial charge in [0.05, 0.1) is 35.7 Å². The molecule has 0 saturated carbocycles. The lowest BCUT2D eigenvalue weighted by molar-refractivity contribution is -0.137. The van der Waals surface area contributed by atoms with Gasteiger partial charge in [0.25, 0.3) is 5.56 Å². The standard InChI is InChI=1S/C25H16F3N5O3/c1-14-20(19-12-30-13-31-21(19)16-8-6-15(11-29)7-9-16)32-22(24(35)36-2)23(34)33(14)18-5-3-4-17(10-18)25(26,27)28/h3-10,12-13H,1-2H3. The number of ether oxygens (including phenoxy) is 1. The van der Waals surface area contributed by atoms with Gasteiger partial charge in [-0.05, 0) is 37.3 Å². The summed E-state index contributed by atoms with van der Waals surface area (Å²) in [5.41, 5.74) is -0.712. The van der Waals surface area contributed by atoms with E-state index in [1.54, 1.807) is 24.3 Å². The van der Waals surface area contributed by atoms with Crippen LogP contribution in [0.1, 0.15) is 27.3 Å². The number of aromatic nitrogens is 4. The van der Waals surface area contributed by atoms with E-state index in [0.29, 0.717) is 22.4 Å². The lowest BCUT2D eigenvalue weighted by Crippen LogP contribution is -2.30. The molecule has 36 heavy (non-hydrogen) atoms. The third-order valence-electron chi connectivity index (χ3n) is 5.37. The predicted octanol–water partition coefficient (Wildman–Crippen LogP) is 4.34. The second-order valence-electron chi connectivity index (χ2n) is 7.55. The minimum Gasteiger partial charge on any atom is -0.464 e. The van der Waals surface area contributed by atoms with Crippen LogP contribution in [0.3, 0.4) is 0 Å². The molecule has 0 radical (unpaired) electrons. The monoisotopic (exact) mass is 491 g/mol. The molecule has 4 aromatic rings. The van der Waals surface area contributed by atoms with Crippen molar-refractivity contribution in [1.82, 2.24) is 19.5 Å². The number of carbonyl (C=O) groups excluding carboxylic acids is 1. The van der Waals surface area contributed by atoms with E-state index in [4.69, 9.17) is 10.00 Å². The zero-order valence-corrected chi connectivity index (χ0v) is 18.9. The van der Waals surface area contributed by atoms with Crippen LogP contribution in [0.15, 0.2) is 65.8 Å². The molecule has 180 valence electrons. The summed E-state index contributed by atoms with van der Waals surface area (Å²) < 4.78 is 45.8. The molecule has 0 unspecified atom stereocenters. The van der Waals surface area contributed by atoms with Gasteiger partial charge in [-0.1, -0.05) is 18.2 Å². The molecule has 0 amide bonds. The van der Waals surface area contributed by atoms with E-state index in [9.17, 15) is 22.8 Å². The van der Waals surface area contributed by atoms with Crippen LogP contribution in [-0.2, 0) is 10.9 Å². The Morgan fingerprint density at radius 2 is 1.83 bits per heavy atom. The second kappa shape index (κ2) is 9.42. The maximum Gasteiger partial charge on any atom is 0.416 e. The van der Waals surface area contributed by atoms with Crippen LogP contribution < -0.4 is 5.56 Å². The van der Waals surface area contributed by atoms with Crippen molar-refractivity contribution in [3.05, 3.63) is 93.9 Å². The Bertz CT molecular complexity index is 1570. The SMILES string of the molecule is COC(=O)c1nc(-c2cncnc2-c2ccc(C#N)cc2)c(C)n(-c2cccc(C(F)(F)F)c2)c1=O. The fourth-order valence-corrected chi connectivity index (χ4v) is 3.66. The Hall–Kier alpha value is -4.85. The molecule has 0 aliphatic heterocycles. The number of alkyl halides is 3. The number of carbonyl (C=O) groups is 1. The number of hydrogen-bond donors (Lipinski definition) is 0. The fraction of sp³-hybridized carbons (Fsp3) is 0.120. The first-order valence-electron chi connectivity index (χ1n) is 10.4. The van der Waals surface area contributed by atoms with Crippen LogP contribution in [0.25, 0.3) is 28.2 Å². The van der Waals surface area contributed by atoms with Gasteiger partial charge in [-0.15, -0.1) is 0 Å². The molecule has 4 rings (SSSR count). The van der Waals surface area contributed by atoms with E-state index in [-0.39, 0.29) is 17.1 Å². The van der Waals surface area contributed by atoms with Gasteiger partial charge in [-0.3, -0.25) is 9.36 Å². The first-order chi connectivity index (χ1) is 17.2. The molecular formula is C25H16F3N5O3. The van der Waals surface area contributed by atoms with Crippen molar-refractivity contribution in [2.45, 2.75) is 13.1 Å². The quantitative estimate of drug-likeness (QED) is 0.391. The average molecular weight is 491 g/mol. The van der Waals surface area contributed by atoms with Gasteiger partial charge in [0.1, 0.15) is 6.33 Å². The molecule has 8 nitrogen and oxygen atoms in total. The first-order valence-corrected chi connectivity index (χ1v) is 10.4. The number of hydrogen-bond acceptors (Lipinski definition) is 7. The molecule has 2 aromatic carbocycles. The van der Waals surface area contributed by atoms with Gasteiger partial charge < -0.3 is 4.74 Å². The third kappa shape index (κ3) is 4.44. The number of rotatable bonds is 4. The lowest BCUT2D eigenvalue weighted by Gasteiger charge is -2.17. The number of esters is 1. The normalized spacial score (nSPS) is 11.1. The molecule has 0 aliphatic rings. The van der Waals surface area contributed by atoms with Crippen LogP contribution >= 0.6 is 0 Å². The first kappa shape index (κ1) is 24.3. The van der Waals surface area contributed by atoms with E-state index in [1.807, 2.05) is 6.07 Å². The molecule has 0 saturated heterocycles. The van der Waals surface area contributed by atoms with Crippen LogP contribution in [0.2, 0.25) is 0 Å². The Labute approximate surface area is 202 Å². The van der Waals surface area contributed by atoms with Gasteiger partial charge in [-0.2, -0.15) is 18.4 Å². The van der Waals surface area contributed by atoms with E-state index < -0.39 is 29.0 Å². The van der Waals surface area contributed by atoms with Crippen LogP contribution in [0.4, 0.5) is 13.2 Å². The molecule has 0 atom stereocenters. The van der Waals surface area contributed by atoms with Crippen molar-refractivity contribution in [2.24, 2.45) is 0 Å². The Kier molecular flexibility index (Phi) is 6.35. The van der Waals surface area contributed by atoms with Gasteiger partial charge in [0.2, 0.25) is 5.69 Å². The Morgan fingerprint density at radius 1 is 1.11 bits per heavy atom. The van der Waals surface area contributed by atoms with Gasteiger partial charge >= 0.3 is 12.1 Å². The number of methoxy groups -OCH3 is 1. The Balaban J connectivity index is 2.03. The molecule has 0 bridgehead atoms. The van der Waals surface area contributed by atoms with Crippen molar-refractivity contribution < 1.29 is 22.7 Å². The van der Waals surface area contributed by atoms with E-state index in [0.717, 1.165) is 29.9 Å². The average Bonchev–Trinajstić information content (AvgIpc) is 2.88. The molecule has 0 N–H and O–H groups in total. The van der Waals surface area contributed by atoms with Crippen molar-refractivity contribution in [3.63, 3.8) is 0 Å². The summed E-state index contributed by atoms with van der Waals surface area (Å²) in [5.74, 6) is -1.06. The van der Waals surface area contributed by atoms with Gasteiger partial charge in [0, 0.05) is 28.7 Å². The van der Waals surface area contributed by atoms with E-state index in [1.165, 1.54) is 25.5 Å². The molecule has 2 heterocycles. The largest absolute Gasteiger partial charge is 0.464 e.